The third-order valence-electron chi connectivity index (χ3n) is 5.11. The molecule has 0 atom stereocenters. The van der Waals surface area contributed by atoms with Crippen LogP contribution in [0.5, 0.6) is 11.5 Å². The molecule has 31 heavy (non-hydrogen) atoms. The van der Waals surface area contributed by atoms with Gasteiger partial charge in [0.25, 0.3) is 0 Å². The number of sulfonamides is 1. The zero-order valence-electron chi connectivity index (χ0n) is 17.5. The van der Waals surface area contributed by atoms with E-state index in [0.717, 1.165) is 0 Å². The van der Waals surface area contributed by atoms with Crippen LogP contribution in [0.1, 0.15) is 6.42 Å². The first-order valence-corrected chi connectivity index (χ1v) is 11.3. The Bertz CT molecular complexity index is 1010. The summed E-state index contributed by atoms with van der Waals surface area (Å²) in [5, 5.41) is 2.72. The van der Waals surface area contributed by atoms with E-state index in [9.17, 15) is 17.6 Å². The molecule has 0 aromatic heterocycles. The molecule has 0 saturated carbocycles. The summed E-state index contributed by atoms with van der Waals surface area (Å²) in [5.41, 5.74) is 0.539. The van der Waals surface area contributed by atoms with Crippen molar-refractivity contribution in [3.8, 4) is 11.5 Å². The number of nitrogens with zero attached hydrogens (tertiary/aromatic N) is 2. The van der Waals surface area contributed by atoms with Crippen LogP contribution in [0.4, 0.5) is 10.1 Å². The normalized spacial score (nSPS) is 15.5. The molecule has 0 aliphatic carbocycles. The van der Waals surface area contributed by atoms with Crippen molar-refractivity contribution in [2.75, 3.05) is 52.3 Å². The highest BCUT2D eigenvalue weighted by Gasteiger charge is 2.29. The van der Waals surface area contributed by atoms with E-state index in [1.807, 2.05) is 4.90 Å². The minimum atomic E-state index is -3.66. The topological polar surface area (TPSA) is 88.2 Å². The van der Waals surface area contributed by atoms with Crippen LogP contribution < -0.4 is 14.8 Å². The summed E-state index contributed by atoms with van der Waals surface area (Å²) in [7, 11) is -0.709. The largest absolute Gasteiger partial charge is 0.493 e. The summed E-state index contributed by atoms with van der Waals surface area (Å²) >= 11 is 0. The van der Waals surface area contributed by atoms with Gasteiger partial charge in [0.05, 0.1) is 19.1 Å². The lowest BCUT2D eigenvalue weighted by atomic mass is 10.2. The maximum absolute atomic E-state index is 13.0. The highest BCUT2D eigenvalue weighted by Crippen LogP contribution is 2.30. The van der Waals surface area contributed by atoms with Crippen LogP contribution in [0.15, 0.2) is 47.4 Å². The quantitative estimate of drug-likeness (QED) is 0.662. The Morgan fingerprint density at radius 1 is 1.00 bits per heavy atom. The molecule has 1 aliphatic heterocycles. The maximum atomic E-state index is 13.0. The molecule has 3 rings (SSSR count). The van der Waals surface area contributed by atoms with Gasteiger partial charge in [0.2, 0.25) is 15.9 Å². The summed E-state index contributed by atoms with van der Waals surface area (Å²) < 4.78 is 50.7. The predicted octanol–water partition coefficient (Wildman–Crippen LogP) is 2.18. The number of nitrogens with one attached hydrogen (secondary N) is 1. The van der Waals surface area contributed by atoms with Crippen molar-refractivity contribution in [2.24, 2.45) is 0 Å². The standard InChI is InChI=1S/C21H26FN3O5S/c1-29-19-8-7-18(15-20(19)30-2)31(27,28)25-13-11-24(12-14-25)10-9-21(26)23-17-5-3-16(22)4-6-17/h3-8,15H,9-14H2,1-2H3,(H,23,26). The van der Waals surface area contributed by atoms with Gasteiger partial charge in [-0.25, -0.2) is 12.8 Å². The monoisotopic (exact) mass is 451 g/mol. The summed E-state index contributed by atoms with van der Waals surface area (Å²) in [6.45, 7) is 2.22. The van der Waals surface area contributed by atoms with Gasteiger partial charge in [-0.05, 0) is 36.4 Å². The Labute approximate surface area is 181 Å². The Balaban J connectivity index is 1.51. The fourth-order valence-electron chi connectivity index (χ4n) is 3.34. The fourth-order valence-corrected chi connectivity index (χ4v) is 4.77. The zero-order valence-corrected chi connectivity index (χ0v) is 18.3. The summed E-state index contributed by atoms with van der Waals surface area (Å²) in [5.74, 6) is 0.283. The number of carbonyl (C=O) groups is 1. The van der Waals surface area contributed by atoms with Gasteiger partial charge in [-0.1, -0.05) is 0 Å². The van der Waals surface area contributed by atoms with E-state index in [-0.39, 0.29) is 23.0 Å². The lowest BCUT2D eigenvalue weighted by molar-refractivity contribution is -0.116. The molecule has 10 heteroatoms. The lowest BCUT2D eigenvalue weighted by Gasteiger charge is -2.33. The van der Waals surface area contributed by atoms with Gasteiger partial charge in [0.15, 0.2) is 11.5 Å². The van der Waals surface area contributed by atoms with Crippen LogP contribution in [0, 0.1) is 5.82 Å². The molecule has 2 aromatic rings. The average molecular weight is 452 g/mol. The highest BCUT2D eigenvalue weighted by atomic mass is 32.2. The number of amides is 1. The summed E-state index contributed by atoms with van der Waals surface area (Å²) in [6.07, 6.45) is 0.264. The zero-order chi connectivity index (χ0) is 22.4. The third kappa shape index (κ3) is 5.72. The number of hydrogen-bond acceptors (Lipinski definition) is 6. The maximum Gasteiger partial charge on any atom is 0.243 e. The molecule has 1 aliphatic rings. The molecule has 0 spiro atoms. The van der Waals surface area contributed by atoms with E-state index in [0.29, 0.717) is 49.9 Å². The number of halogens is 1. The van der Waals surface area contributed by atoms with Gasteiger partial charge in [0, 0.05) is 50.9 Å². The Morgan fingerprint density at radius 3 is 2.26 bits per heavy atom. The molecule has 8 nitrogen and oxygen atoms in total. The van der Waals surface area contributed by atoms with Crippen molar-refractivity contribution in [2.45, 2.75) is 11.3 Å². The van der Waals surface area contributed by atoms with Crippen LogP contribution in [0.2, 0.25) is 0 Å². The Kier molecular flexibility index (Phi) is 7.47. The van der Waals surface area contributed by atoms with Gasteiger partial charge < -0.3 is 19.7 Å². The van der Waals surface area contributed by atoms with E-state index >= 15 is 0 Å². The van der Waals surface area contributed by atoms with Gasteiger partial charge in [-0.2, -0.15) is 4.31 Å². The van der Waals surface area contributed by atoms with Gasteiger partial charge >= 0.3 is 0 Å². The van der Waals surface area contributed by atoms with E-state index in [2.05, 4.69) is 5.32 Å². The van der Waals surface area contributed by atoms with Gasteiger partial charge in [-0.15, -0.1) is 0 Å². The Hall–Kier alpha value is -2.69. The molecular weight excluding hydrogens is 425 g/mol. The van der Waals surface area contributed by atoms with Crippen LogP contribution in [0.25, 0.3) is 0 Å². The SMILES string of the molecule is COc1ccc(S(=O)(=O)N2CCN(CCC(=O)Nc3ccc(F)cc3)CC2)cc1OC. The minimum Gasteiger partial charge on any atom is -0.493 e. The highest BCUT2D eigenvalue weighted by molar-refractivity contribution is 7.89. The van der Waals surface area contributed by atoms with Crippen molar-refractivity contribution in [3.63, 3.8) is 0 Å². The molecule has 1 amide bonds. The summed E-state index contributed by atoms with van der Waals surface area (Å²) in [4.78, 5) is 14.3. The second kappa shape index (κ2) is 10.1. The first kappa shape index (κ1) is 23.0. The number of piperazine rings is 1. The summed E-state index contributed by atoms with van der Waals surface area (Å²) in [6, 6.07) is 10.1. The molecule has 2 aromatic carbocycles. The molecule has 0 radical (unpaired) electrons. The van der Waals surface area contributed by atoms with Crippen LogP contribution >= 0.6 is 0 Å². The third-order valence-corrected chi connectivity index (χ3v) is 7.00. The first-order valence-electron chi connectivity index (χ1n) is 9.83. The number of ether oxygens (including phenoxy) is 2. The molecule has 1 saturated heterocycles. The second-order valence-corrected chi connectivity index (χ2v) is 9.01. The van der Waals surface area contributed by atoms with E-state index in [1.165, 1.54) is 54.9 Å². The van der Waals surface area contributed by atoms with Crippen molar-refractivity contribution in [1.82, 2.24) is 9.21 Å². The molecule has 168 valence electrons. The van der Waals surface area contributed by atoms with Crippen molar-refractivity contribution in [1.29, 1.82) is 0 Å². The fraction of sp³-hybridized carbons (Fsp3) is 0.381. The lowest BCUT2D eigenvalue weighted by Crippen LogP contribution is -2.49. The molecule has 1 heterocycles. The van der Waals surface area contributed by atoms with Gasteiger partial charge in [-0.3, -0.25) is 4.79 Å². The van der Waals surface area contributed by atoms with Crippen molar-refractivity contribution < 1.29 is 27.1 Å². The van der Waals surface area contributed by atoms with E-state index in [1.54, 1.807) is 6.07 Å². The van der Waals surface area contributed by atoms with E-state index in [4.69, 9.17) is 9.47 Å². The number of benzene rings is 2. The van der Waals surface area contributed by atoms with Crippen LogP contribution in [0.3, 0.4) is 0 Å². The number of carbonyl (C=O) groups excluding carboxylic acids is 1. The first-order chi connectivity index (χ1) is 14.8. The van der Waals surface area contributed by atoms with E-state index < -0.39 is 10.0 Å². The molecule has 0 unspecified atom stereocenters. The van der Waals surface area contributed by atoms with Crippen LogP contribution in [-0.2, 0) is 14.8 Å². The average Bonchev–Trinajstić information content (AvgIpc) is 2.79. The molecule has 1 N–H and O–H groups in total. The molecular formula is C21H26FN3O5S. The van der Waals surface area contributed by atoms with Gasteiger partial charge in [0.1, 0.15) is 5.82 Å². The number of methoxy groups -OCH3 is 2. The molecule has 1 fully saturated rings. The van der Waals surface area contributed by atoms with Crippen LogP contribution in [-0.4, -0.2) is 70.5 Å². The predicted molar refractivity (Wildman–Crippen MR) is 114 cm³/mol. The number of hydrogen-bond donors (Lipinski definition) is 1. The van der Waals surface area contributed by atoms with Crippen molar-refractivity contribution >= 4 is 21.6 Å². The smallest absolute Gasteiger partial charge is 0.243 e. The van der Waals surface area contributed by atoms with Crippen molar-refractivity contribution in [3.05, 3.63) is 48.3 Å². The number of anilines is 1. The second-order valence-electron chi connectivity index (χ2n) is 7.07. The minimum absolute atomic E-state index is 0.150. The number of rotatable bonds is 8. The Morgan fingerprint density at radius 2 is 1.65 bits per heavy atom. The molecule has 0 bridgehead atoms.